The lowest BCUT2D eigenvalue weighted by atomic mass is 10.1. The Morgan fingerprint density at radius 3 is 2.83 bits per heavy atom. The molecule has 128 valence electrons. The van der Waals surface area contributed by atoms with E-state index in [-0.39, 0.29) is 35.2 Å². The van der Waals surface area contributed by atoms with Gasteiger partial charge in [0.05, 0.1) is 21.8 Å². The number of rotatable bonds is 6. The van der Waals surface area contributed by atoms with Crippen molar-refractivity contribution in [2.24, 2.45) is 5.92 Å². The number of carbonyl (C=O) groups excluding carboxylic acids is 1. The monoisotopic (exact) mass is 342 g/mol. The third-order valence-electron chi connectivity index (χ3n) is 4.12. The summed E-state index contributed by atoms with van der Waals surface area (Å²) in [6.07, 6.45) is 2.37. The summed E-state index contributed by atoms with van der Waals surface area (Å²) in [7, 11) is 0.192. The minimum absolute atomic E-state index is 0.123. The van der Waals surface area contributed by atoms with Gasteiger partial charge in [0.2, 0.25) is 0 Å². The van der Waals surface area contributed by atoms with E-state index < -0.39 is 16.6 Å². The van der Waals surface area contributed by atoms with Crippen molar-refractivity contribution in [2.75, 3.05) is 25.9 Å². The number of aliphatic hydroxyl groups is 1. The van der Waals surface area contributed by atoms with E-state index in [0.717, 1.165) is 19.3 Å². The van der Waals surface area contributed by atoms with Gasteiger partial charge >= 0.3 is 6.03 Å². The highest BCUT2D eigenvalue weighted by molar-refractivity contribution is 7.85. The lowest BCUT2D eigenvalue weighted by Gasteiger charge is -2.23. The second-order valence-electron chi connectivity index (χ2n) is 5.85. The maximum Gasteiger partial charge on any atom is 0.317 e. The smallest absolute Gasteiger partial charge is 0.317 e. The fraction of sp³-hybridized carbons (Fsp3) is 0.562. The molecule has 3 atom stereocenters. The van der Waals surface area contributed by atoms with Gasteiger partial charge in [0.15, 0.2) is 0 Å². The number of aliphatic hydroxyl groups excluding tert-OH is 1. The van der Waals surface area contributed by atoms with Crippen LogP contribution in [0.5, 0.6) is 0 Å². The minimum Gasteiger partial charge on any atom is -0.393 e. The number of benzene rings is 1. The molecule has 2 rings (SSSR count). The van der Waals surface area contributed by atoms with Crippen molar-refractivity contribution < 1.29 is 18.5 Å². The zero-order valence-corrected chi connectivity index (χ0v) is 14.0. The Balaban J connectivity index is 1.74. The number of nitrogens with one attached hydrogen (secondary N) is 1. The van der Waals surface area contributed by atoms with Gasteiger partial charge in [0.25, 0.3) is 0 Å². The van der Waals surface area contributed by atoms with Crippen molar-refractivity contribution >= 4 is 16.8 Å². The van der Waals surface area contributed by atoms with Crippen molar-refractivity contribution in [2.45, 2.75) is 30.3 Å². The molecule has 1 aromatic rings. The molecule has 1 fully saturated rings. The first-order valence-corrected chi connectivity index (χ1v) is 9.11. The summed E-state index contributed by atoms with van der Waals surface area (Å²) in [5.41, 5.74) is 0. The predicted molar refractivity (Wildman–Crippen MR) is 87.1 cm³/mol. The SMILES string of the molecule is CN(C[C@@H]1CCC[C@@H]1O)C(=O)NCC[S@](=O)c1ccccc1F. The van der Waals surface area contributed by atoms with Crippen LogP contribution in [-0.4, -0.2) is 52.2 Å². The summed E-state index contributed by atoms with van der Waals surface area (Å²) in [6.45, 7) is 0.709. The first-order valence-electron chi connectivity index (χ1n) is 7.79. The van der Waals surface area contributed by atoms with Crippen molar-refractivity contribution in [3.63, 3.8) is 0 Å². The third-order valence-corrected chi connectivity index (χ3v) is 5.52. The Labute approximate surface area is 138 Å². The summed E-state index contributed by atoms with van der Waals surface area (Å²) in [4.78, 5) is 13.7. The lowest BCUT2D eigenvalue weighted by Crippen LogP contribution is -2.42. The van der Waals surface area contributed by atoms with Gasteiger partial charge in [-0.25, -0.2) is 9.18 Å². The molecule has 0 aromatic heterocycles. The molecule has 0 bridgehead atoms. The second kappa shape index (κ2) is 8.40. The van der Waals surface area contributed by atoms with E-state index in [2.05, 4.69) is 5.32 Å². The summed E-state index contributed by atoms with van der Waals surface area (Å²) in [5.74, 6) is -0.213. The van der Waals surface area contributed by atoms with Crippen LogP contribution in [0.15, 0.2) is 29.2 Å². The van der Waals surface area contributed by atoms with Crippen LogP contribution < -0.4 is 5.32 Å². The fourth-order valence-electron chi connectivity index (χ4n) is 2.79. The molecule has 1 aliphatic rings. The summed E-state index contributed by atoms with van der Waals surface area (Å²) < 4.78 is 25.5. The molecule has 0 saturated heterocycles. The van der Waals surface area contributed by atoms with Crippen molar-refractivity contribution in [1.29, 1.82) is 0 Å². The zero-order valence-electron chi connectivity index (χ0n) is 13.2. The molecule has 2 amide bonds. The van der Waals surface area contributed by atoms with E-state index in [1.165, 1.54) is 17.0 Å². The van der Waals surface area contributed by atoms with Gasteiger partial charge < -0.3 is 15.3 Å². The van der Waals surface area contributed by atoms with E-state index in [1.54, 1.807) is 19.2 Å². The molecule has 1 saturated carbocycles. The maximum absolute atomic E-state index is 13.5. The van der Waals surface area contributed by atoms with Crippen molar-refractivity contribution in [3.8, 4) is 0 Å². The van der Waals surface area contributed by atoms with Crippen molar-refractivity contribution in [3.05, 3.63) is 30.1 Å². The minimum atomic E-state index is -1.48. The summed E-state index contributed by atoms with van der Waals surface area (Å²) in [6, 6.07) is 5.67. The standard InChI is InChI=1S/C16H23FN2O3S/c1-19(11-12-5-4-7-14(12)20)16(21)18-9-10-23(22)15-8-3-2-6-13(15)17/h2-3,6,8,12,14,20H,4-5,7,9-11H2,1H3,(H,18,21)/t12-,14-,23-/m0/s1. The summed E-state index contributed by atoms with van der Waals surface area (Å²) >= 11 is 0. The molecule has 0 radical (unpaired) electrons. The fourth-order valence-corrected chi connectivity index (χ4v) is 3.81. The molecular formula is C16H23FN2O3S. The number of nitrogens with zero attached hydrogens (tertiary/aromatic N) is 1. The predicted octanol–water partition coefficient (Wildman–Crippen LogP) is 1.74. The van der Waals surface area contributed by atoms with Crippen LogP contribution >= 0.6 is 0 Å². The average Bonchev–Trinajstić information content (AvgIpc) is 2.92. The van der Waals surface area contributed by atoms with Crippen molar-refractivity contribution in [1.82, 2.24) is 10.2 Å². The van der Waals surface area contributed by atoms with Crippen LogP contribution in [0.3, 0.4) is 0 Å². The molecule has 0 heterocycles. The molecule has 1 aliphatic carbocycles. The lowest BCUT2D eigenvalue weighted by molar-refractivity contribution is 0.114. The largest absolute Gasteiger partial charge is 0.393 e. The molecule has 7 heteroatoms. The van der Waals surface area contributed by atoms with Crippen LogP contribution in [0, 0.1) is 11.7 Å². The number of halogens is 1. The molecule has 1 aromatic carbocycles. The Bertz CT molecular complexity index is 570. The maximum atomic E-state index is 13.5. The molecule has 2 N–H and O–H groups in total. The Kier molecular flexibility index (Phi) is 6.53. The van der Waals surface area contributed by atoms with E-state index >= 15 is 0 Å². The Morgan fingerprint density at radius 2 is 2.17 bits per heavy atom. The normalized spacial score (nSPS) is 21.9. The van der Waals surface area contributed by atoms with Gasteiger partial charge in [-0.15, -0.1) is 0 Å². The third kappa shape index (κ3) is 5.00. The molecule has 0 spiro atoms. The Morgan fingerprint density at radius 1 is 1.43 bits per heavy atom. The second-order valence-corrected chi connectivity index (χ2v) is 7.39. The average molecular weight is 342 g/mol. The number of urea groups is 1. The molecular weight excluding hydrogens is 319 g/mol. The molecule has 0 unspecified atom stereocenters. The number of hydrogen-bond donors (Lipinski definition) is 2. The Hall–Kier alpha value is -1.47. The molecule has 23 heavy (non-hydrogen) atoms. The zero-order chi connectivity index (χ0) is 16.8. The van der Waals surface area contributed by atoms with Gasteiger partial charge in [-0.05, 0) is 25.0 Å². The highest BCUT2D eigenvalue weighted by Crippen LogP contribution is 2.25. The first-order chi connectivity index (χ1) is 11.0. The van der Waals surface area contributed by atoms with Crippen LogP contribution in [0.25, 0.3) is 0 Å². The van der Waals surface area contributed by atoms with E-state index in [1.807, 2.05) is 0 Å². The van der Waals surface area contributed by atoms with Gasteiger partial charge in [-0.1, -0.05) is 18.6 Å². The van der Waals surface area contributed by atoms with Gasteiger partial charge in [0, 0.05) is 31.8 Å². The van der Waals surface area contributed by atoms with Gasteiger partial charge in [-0.2, -0.15) is 0 Å². The number of amides is 2. The quantitative estimate of drug-likeness (QED) is 0.827. The van der Waals surface area contributed by atoms with E-state index in [9.17, 15) is 18.5 Å². The van der Waals surface area contributed by atoms with Gasteiger partial charge in [0.1, 0.15) is 5.82 Å². The molecule has 0 aliphatic heterocycles. The van der Waals surface area contributed by atoms with Crippen LogP contribution in [0.2, 0.25) is 0 Å². The first kappa shape index (κ1) is 17.9. The van der Waals surface area contributed by atoms with Crippen LogP contribution in [-0.2, 0) is 10.8 Å². The highest BCUT2D eigenvalue weighted by Gasteiger charge is 2.27. The molecule has 5 nitrogen and oxygen atoms in total. The van der Waals surface area contributed by atoms with Crippen LogP contribution in [0.4, 0.5) is 9.18 Å². The van der Waals surface area contributed by atoms with E-state index in [4.69, 9.17) is 0 Å². The number of carbonyl (C=O) groups is 1. The van der Waals surface area contributed by atoms with E-state index in [0.29, 0.717) is 6.54 Å². The summed E-state index contributed by atoms with van der Waals surface area (Å²) in [5, 5.41) is 12.5. The van der Waals surface area contributed by atoms with Crippen LogP contribution in [0.1, 0.15) is 19.3 Å². The van der Waals surface area contributed by atoms with Gasteiger partial charge in [-0.3, -0.25) is 4.21 Å². The number of hydrogen-bond acceptors (Lipinski definition) is 3. The topological polar surface area (TPSA) is 69.6 Å². The highest BCUT2D eigenvalue weighted by atomic mass is 32.2.